The van der Waals surface area contributed by atoms with Gasteiger partial charge >= 0.3 is 6.01 Å². The second-order valence-electron chi connectivity index (χ2n) is 10.0. The fourth-order valence-corrected chi connectivity index (χ4v) is 5.44. The molecule has 1 amide bonds. The molecule has 0 unspecified atom stereocenters. The lowest BCUT2D eigenvalue weighted by Gasteiger charge is -2.47. The predicted octanol–water partition coefficient (Wildman–Crippen LogP) is 2.63. The van der Waals surface area contributed by atoms with Gasteiger partial charge in [-0.05, 0) is 57.6 Å². The van der Waals surface area contributed by atoms with E-state index in [0.717, 1.165) is 24.0 Å². The summed E-state index contributed by atoms with van der Waals surface area (Å²) in [6.45, 7) is 9.05. The van der Waals surface area contributed by atoms with E-state index in [1.54, 1.807) is 15.8 Å². The van der Waals surface area contributed by atoms with E-state index in [9.17, 15) is 10.1 Å². The first-order chi connectivity index (χ1) is 18.0. The third kappa shape index (κ3) is 4.74. The number of benzene rings is 1. The molecule has 37 heavy (non-hydrogen) atoms. The summed E-state index contributed by atoms with van der Waals surface area (Å²) in [5.41, 5.74) is 2.05. The number of hydrogen-bond donors (Lipinski definition) is 0. The smallest absolute Gasteiger partial charge is 0.320 e. The molecule has 0 aliphatic carbocycles. The number of methoxy groups -OCH3 is 1. The molecule has 10 nitrogen and oxygen atoms in total. The summed E-state index contributed by atoms with van der Waals surface area (Å²) in [7, 11) is 3.68. The van der Waals surface area contributed by atoms with Gasteiger partial charge in [0.05, 0.1) is 18.1 Å². The Morgan fingerprint density at radius 1 is 1.14 bits per heavy atom. The molecule has 0 saturated carbocycles. The molecule has 3 fully saturated rings. The van der Waals surface area contributed by atoms with Gasteiger partial charge in [0.1, 0.15) is 18.0 Å². The Bertz CT molecular complexity index is 1350. The standard InChI is InChI=1S/C22H21N7O2.C5H11N/c1-3-18(30)28-12-22(13-28)8-9-27(11-22)19-15(10-23)20(26-21(25-19)31-2)29-14-24-16-6-4-5-7-17(16)29;1-6-4-2-3-5-6/h3-7,14H,1,8-9,11-13H2,2H3;2-5H2,1H3. The van der Waals surface area contributed by atoms with Crippen LogP contribution in [-0.2, 0) is 4.79 Å². The number of ether oxygens (including phenoxy) is 1. The Morgan fingerprint density at radius 3 is 2.51 bits per heavy atom. The molecule has 3 saturated heterocycles. The fourth-order valence-electron chi connectivity index (χ4n) is 5.44. The van der Waals surface area contributed by atoms with Gasteiger partial charge in [-0.15, -0.1) is 0 Å². The van der Waals surface area contributed by atoms with Gasteiger partial charge in [0.15, 0.2) is 11.6 Å². The van der Waals surface area contributed by atoms with Crippen LogP contribution in [0.1, 0.15) is 24.8 Å². The zero-order valence-electron chi connectivity index (χ0n) is 21.4. The lowest BCUT2D eigenvalue weighted by Crippen LogP contribution is -2.59. The molecule has 2 aromatic heterocycles. The van der Waals surface area contributed by atoms with Crippen molar-refractivity contribution in [1.29, 1.82) is 5.26 Å². The van der Waals surface area contributed by atoms with Gasteiger partial charge in [-0.2, -0.15) is 15.2 Å². The number of carbonyl (C=O) groups is 1. The largest absolute Gasteiger partial charge is 0.467 e. The summed E-state index contributed by atoms with van der Waals surface area (Å²) < 4.78 is 7.16. The number of likely N-dealkylation sites (tertiary alicyclic amines) is 2. The monoisotopic (exact) mass is 500 g/mol. The van der Waals surface area contributed by atoms with Crippen molar-refractivity contribution < 1.29 is 9.53 Å². The average molecular weight is 501 g/mol. The number of amides is 1. The Labute approximate surface area is 216 Å². The first kappa shape index (κ1) is 24.7. The van der Waals surface area contributed by atoms with Crippen LogP contribution >= 0.6 is 0 Å². The second kappa shape index (κ2) is 10.2. The van der Waals surface area contributed by atoms with Gasteiger partial charge in [-0.1, -0.05) is 18.7 Å². The number of hydrogen-bond acceptors (Lipinski definition) is 8. The van der Waals surface area contributed by atoms with Crippen molar-refractivity contribution in [2.24, 2.45) is 5.41 Å². The molecule has 0 bridgehead atoms. The van der Waals surface area contributed by atoms with Gasteiger partial charge < -0.3 is 19.4 Å². The number of imidazole rings is 1. The molecular formula is C27H32N8O2. The van der Waals surface area contributed by atoms with Crippen LogP contribution in [0.2, 0.25) is 0 Å². The molecule has 3 aromatic rings. The van der Waals surface area contributed by atoms with E-state index in [1.807, 2.05) is 24.3 Å². The van der Waals surface area contributed by atoms with Gasteiger partial charge in [-0.25, -0.2) is 4.98 Å². The third-order valence-corrected chi connectivity index (χ3v) is 7.43. The summed E-state index contributed by atoms with van der Waals surface area (Å²) in [6, 6.07) is 10.2. The molecule has 1 aromatic carbocycles. The average Bonchev–Trinajstić information content (AvgIpc) is 3.66. The van der Waals surface area contributed by atoms with Gasteiger partial charge in [0.2, 0.25) is 5.91 Å². The van der Waals surface area contributed by atoms with E-state index >= 15 is 0 Å². The lowest BCUT2D eigenvalue weighted by atomic mass is 9.79. The van der Waals surface area contributed by atoms with Crippen LogP contribution in [-0.4, -0.2) is 88.7 Å². The van der Waals surface area contributed by atoms with Crippen molar-refractivity contribution in [3.8, 4) is 17.9 Å². The summed E-state index contributed by atoms with van der Waals surface area (Å²) in [5.74, 6) is 0.948. The number of carbonyl (C=O) groups excluding carboxylic acids is 1. The fraction of sp³-hybridized carbons (Fsp3) is 0.444. The Morgan fingerprint density at radius 2 is 1.86 bits per heavy atom. The number of aromatic nitrogens is 4. The Kier molecular flexibility index (Phi) is 6.80. The Balaban J connectivity index is 0.000000412. The minimum Gasteiger partial charge on any atom is -0.467 e. The van der Waals surface area contributed by atoms with Gasteiger partial charge in [0, 0.05) is 31.6 Å². The van der Waals surface area contributed by atoms with Crippen LogP contribution in [0, 0.1) is 16.7 Å². The Hall–Kier alpha value is -3.97. The molecule has 5 heterocycles. The number of anilines is 1. The number of nitriles is 1. The number of rotatable bonds is 4. The van der Waals surface area contributed by atoms with Gasteiger partial charge in [-0.3, -0.25) is 9.36 Å². The van der Waals surface area contributed by atoms with E-state index in [2.05, 4.69) is 44.4 Å². The number of nitrogens with zero attached hydrogens (tertiary/aromatic N) is 8. The predicted molar refractivity (Wildman–Crippen MR) is 141 cm³/mol. The summed E-state index contributed by atoms with van der Waals surface area (Å²) in [5, 5.41) is 10.0. The van der Waals surface area contributed by atoms with Crippen molar-refractivity contribution in [2.45, 2.75) is 19.3 Å². The van der Waals surface area contributed by atoms with Crippen LogP contribution < -0.4 is 9.64 Å². The van der Waals surface area contributed by atoms with Crippen LogP contribution in [0.15, 0.2) is 43.2 Å². The number of para-hydroxylation sites is 2. The van der Waals surface area contributed by atoms with E-state index in [0.29, 0.717) is 36.8 Å². The van der Waals surface area contributed by atoms with Crippen LogP contribution in [0.25, 0.3) is 16.9 Å². The minimum absolute atomic E-state index is 0.0193. The van der Waals surface area contributed by atoms with Crippen molar-refractivity contribution in [2.75, 3.05) is 58.3 Å². The van der Waals surface area contributed by atoms with Crippen molar-refractivity contribution in [3.05, 3.63) is 48.8 Å². The van der Waals surface area contributed by atoms with E-state index in [-0.39, 0.29) is 17.3 Å². The van der Waals surface area contributed by atoms with Crippen molar-refractivity contribution in [3.63, 3.8) is 0 Å². The first-order valence-corrected chi connectivity index (χ1v) is 12.6. The van der Waals surface area contributed by atoms with Crippen LogP contribution in [0.4, 0.5) is 5.82 Å². The maximum Gasteiger partial charge on any atom is 0.320 e. The molecule has 192 valence electrons. The van der Waals surface area contributed by atoms with E-state index < -0.39 is 0 Å². The zero-order valence-corrected chi connectivity index (χ0v) is 21.4. The lowest BCUT2D eigenvalue weighted by molar-refractivity contribution is -0.136. The molecule has 3 aliphatic heterocycles. The molecule has 1 spiro atoms. The highest BCUT2D eigenvalue weighted by molar-refractivity contribution is 5.87. The highest BCUT2D eigenvalue weighted by Gasteiger charge is 2.49. The molecule has 6 rings (SSSR count). The highest BCUT2D eigenvalue weighted by atomic mass is 16.5. The maximum atomic E-state index is 11.9. The van der Waals surface area contributed by atoms with E-state index in [4.69, 9.17) is 4.74 Å². The molecule has 0 N–H and O–H groups in total. The highest BCUT2D eigenvalue weighted by Crippen LogP contribution is 2.42. The quantitative estimate of drug-likeness (QED) is 0.504. The summed E-state index contributed by atoms with van der Waals surface area (Å²) in [6.07, 6.45) is 6.76. The molecule has 0 atom stereocenters. The molecule has 0 radical (unpaired) electrons. The summed E-state index contributed by atoms with van der Waals surface area (Å²) in [4.78, 5) is 31.5. The normalized spacial score (nSPS) is 18.3. The van der Waals surface area contributed by atoms with Crippen LogP contribution in [0.5, 0.6) is 6.01 Å². The third-order valence-electron chi connectivity index (χ3n) is 7.43. The second-order valence-corrected chi connectivity index (χ2v) is 10.0. The maximum absolute atomic E-state index is 11.9. The van der Waals surface area contributed by atoms with Crippen molar-refractivity contribution >= 4 is 22.8 Å². The zero-order chi connectivity index (χ0) is 26.0. The molecular weight excluding hydrogens is 468 g/mol. The van der Waals surface area contributed by atoms with E-state index in [1.165, 1.54) is 39.1 Å². The van der Waals surface area contributed by atoms with Crippen LogP contribution in [0.3, 0.4) is 0 Å². The first-order valence-electron chi connectivity index (χ1n) is 12.6. The van der Waals surface area contributed by atoms with Gasteiger partial charge in [0.25, 0.3) is 0 Å². The number of fused-ring (bicyclic) bond motifs is 1. The molecule has 3 aliphatic rings. The SMILES string of the molecule is C=CC(=O)N1CC2(CCN(c3nc(OC)nc(-n4cnc5ccccc54)c3C#N)C2)C1.CN1CCCC1. The minimum atomic E-state index is -0.0419. The molecule has 10 heteroatoms. The topological polar surface area (TPSA) is 103 Å². The van der Waals surface area contributed by atoms with Crippen molar-refractivity contribution in [1.82, 2.24) is 29.3 Å². The summed E-state index contributed by atoms with van der Waals surface area (Å²) >= 11 is 0.